The van der Waals surface area contributed by atoms with Crippen molar-refractivity contribution < 1.29 is 9.53 Å². The highest BCUT2D eigenvalue weighted by Gasteiger charge is 2.13. The van der Waals surface area contributed by atoms with Gasteiger partial charge in [0.15, 0.2) is 11.5 Å². The van der Waals surface area contributed by atoms with Crippen molar-refractivity contribution in [3.63, 3.8) is 0 Å². The molecular weight excluding hydrogens is 492 g/mol. The molecule has 0 fully saturated rings. The van der Waals surface area contributed by atoms with Gasteiger partial charge in [-0.05, 0) is 88.4 Å². The maximum absolute atomic E-state index is 11.5. The first kappa shape index (κ1) is 16.5. The summed E-state index contributed by atoms with van der Waals surface area (Å²) in [5, 5.41) is 0. The Morgan fingerprint density at radius 2 is 1.81 bits per heavy atom. The van der Waals surface area contributed by atoms with Gasteiger partial charge in [-0.25, -0.2) is 0 Å². The lowest BCUT2D eigenvalue weighted by molar-refractivity contribution is 0.101. The molecule has 2 N–H and O–H groups in total. The van der Waals surface area contributed by atoms with Crippen LogP contribution in [0.2, 0.25) is 0 Å². The van der Waals surface area contributed by atoms with Crippen LogP contribution in [0.1, 0.15) is 29.8 Å². The third kappa shape index (κ3) is 3.88. The predicted molar refractivity (Wildman–Crippen MR) is 102 cm³/mol. The van der Waals surface area contributed by atoms with Gasteiger partial charge in [0.1, 0.15) is 5.75 Å². The normalized spacial score (nSPS) is 10.5. The summed E-state index contributed by atoms with van der Waals surface area (Å²) in [7, 11) is 0. The molecule has 2 rings (SSSR count). The molecule has 0 amide bonds. The number of benzene rings is 2. The third-order valence-corrected chi connectivity index (χ3v) is 4.70. The van der Waals surface area contributed by atoms with Crippen molar-refractivity contribution in [2.75, 3.05) is 5.73 Å². The number of hydrogen-bond acceptors (Lipinski definition) is 3. The molecule has 5 heteroatoms. The Bertz CT molecular complexity index is 676. The summed E-state index contributed by atoms with van der Waals surface area (Å²) in [5.41, 5.74) is 8.52. The summed E-state index contributed by atoms with van der Waals surface area (Å²) < 4.78 is 7.74. The zero-order valence-corrected chi connectivity index (χ0v) is 16.1. The number of anilines is 1. The van der Waals surface area contributed by atoms with Gasteiger partial charge in [-0.1, -0.05) is 13.0 Å². The minimum atomic E-state index is 0.0456. The fourth-order valence-corrected chi connectivity index (χ4v) is 3.87. The van der Waals surface area contributed by atoms with Crippen LogP contribution >= 0.6 is 45.2 Å². The van der Waals surface area contributed by atoms with Gasteiger partial charge in [0, 0.05) is 5.56 Å². The van der Waals surface area contributed by atoms with E-state index in [9.17, 15) is 4.79 Å². The van der Waals surface area contributed by atoms with Crippen LogP contribution in [0.5, 0.6) is 11.5 Å². The molecule has 0 bridgehead atoms. The van der Waals surface area contributed by atoms with Crippen molar-refractivity contribution in [1.82, 2.24) is 0 Å². The van der Waals surface area contributed by atoms with Crippen molar-refractivity contribution in [3.05, 3.63) is 48.6 Å². The lowest BCUT2D eigenvalue weighted by Gasteiger charge is -2.13. The lowest BCUT2D eigenvalue weighted by atomic mass is 10.1. The van der Waals surface area contributed by atoms with E-state index in [4.69, 9.17) is 10.5 Å². The van der Waals surface area contributed by atoms with E-state index < -0.39 is 0 Å². The average molecular weight is 507 g/mol. The van der Waals surface area contributed by atoms with Crippen LogP contribution in [0.4, 0.5) is 5.69 Å². The number of halogens is 2. The van der Waals surface area contributed by atoms with Crippen molar-refractivity contribution in [2.24, 2.45) is 0 Å². The summed E-state index contributed by atoms with van der Waals surface area (Å²) in [6.07, 6.45) is 0.937. The number of carbonyl (C=O) groups excluding carboxylic acids is 1. The van der Waals surface area contributed by atoms with E-state index >= 15 is 0 Å². The maximum atomic E-state index is 11.5. The van der Waals surface area contributed by atoms with E-state index in [0.29, 0.717) is 17.0 Å². The summed E-state index contributed by atoms with van der Waals surface area (Å²) in [6.45, 7) is 3.64. The number of nitrogens with two attached hydrogens (primary N) is 1. The monoisotopic (exact) mass is 507 g/mol. The smallest absolute Gasteiger partial charge is 0.159 e. The van der Waals surface area contributed by atoms with Gasteiger partial charge < -0.3 is 10.5 Å². The minimum Gasteiger partial charge on any atom is -0.453 e. The largest absolute Gasteiger partial charge is 0.453 e. The molecule has 0 aromatic heterocycles. The fraction of sp³-hybridized carbons (Fsp3) is 0.188. The summed E-state index contributed by atoms with van der Waals surface area (Å²) in [6, 6.07) is 9.49. The van der Waals surface area contributed by atoms with Crippen LogP contribution in [-0.4, -0.2) is 5.78 Å². The van der Waals surface area contributed by atoms with Crippen LogP contribution < -0.4 is 10.5 Å². The highest BCUT2D eigenvalue weighted by Crippen LogP contribution is 2.35. The molecule has 0 spiro atoms. The number of nitrogen functional groups attached to an aromatic ring is 1. The summed E-state index contributed by atoms with van der Waals surface area (Å²) in [5.74, 6) is 1.42. The van der Waals surface area contributed by atoms with Crippen molar-refractivity contribution >= 4 is 56.7 Å². The molecule has 2 aromatic rings. The van der Waals surface area contributed by atoms with Gasteiger partial charge in [-0.3, -0.25) is 4.79 Å². The van der Waals surface area contributed by atoms with Crippen molar-refractivity contribution in [1.29, 1.82) is 0 Å². The first-order valence-corrected chi connectivity index (χ1v) is 8.64. The molecule has 3 nitrogen and oxygen atoms in total. The Balaban J connectivity index is 2.38. The zero-order chi connectivity index (χ0) is 15.6. The average Bonchev–Trinajstić information content (AvgIpc) is 2.43. The number of ether oxygens (including phenoxy) is 1. The van der Waals surface area contributed by atoms with Crippen LogP contribution in [0.3, 0.4) is 0 Å². The van der Waals surface area contributed by atoms with Crippen LogP contribution in [-0.2, 0) is 6.42 Å². The molecule has 21 heavy (non-hydrogen) atoms. The summed E-state index contributed by atoms with van der Waals surface area (Å²) >= 11 is 4.35. The first-order valence-electron chi connectivity index (χ1n) is 6.48. The number of hydrogen-bond donors (Lipinski definition) is 1. The van der Waals surface area contributed by atoms with Crippen LogP contribution in [0, 0.1) is 7.14 Å². The number of carbonyl (C=O) groups is 1. The number of aryl methyl sites for hydroxylation is 1. The van der Waals surface area contributed by atoms with Gasteiger partial charge in [0.25, 0.3) is 0 Å². The van der Waals surface area contributed by atoms with Gasteiger partial charge >= 0.3 is 0 Å². The maximum Gasteiger partial charge on any atom is 0.159 e. The summed E-state index contributed by atoms with van der Waals surface area (Å²) in [4.78, 5) is 11.5. The topological polar surface area (TPSA) is 52.3 Å². The molecule has 0 radical (unpaired) electrons. The molecule has 0 aliphatic carbocycles. The van der Waals surface area contributed by atoms with Crippen LogP contribution in [0.15, 0.2) is 30.3 Å². The molecular formula is C16H15I2NO2. The Hall–Kier alpha value is -0.830. The number of Topliss-reactive ketones (excluding diaryl/α,β-unsaturated/α-hetero) is 1. The van der Waals surface area contributed by atoms with E-state index in [1.165, 1.54) is 5.56 Å². The van der Waals surface area contributed by atoms with E-state index in [1.54, 1.807) is 6.92 Å². The lowest BCUT2D eigenvalue weighted by Crippen LogP contribution is -1.99. The molecule has 0 saturated carbocycles. The Labute approximate surface area is 151 Å². The van der Waals surface area contributed by atoms with E-state index in [1.807, 2.05) is 30.3 Å². The predicted octanol–water partition coefficient (Wildman–Crippen LogP) is 5.04. The molecule has 2 aromatic carbocycles. The second kappa shape index (κ2) is 6.95. The molecule has 0 heterocycles. The highest BCUT2D eigenvalue weighted by atomic mass is 127. The van der Waals surface area contributed by atoms with Crippen LogP contribution in [0.25, 0.3) is 0 Å². The molecule has 0 aliphatic heterocycles. The zero-order valence-electron chi connectivity index (χ0n) is 11.7. The molecule has 0 saturated heterocycles. The third-order valence-electron chi connectivity index (χ3n) is 3.10. The fourth-order valence-electron chi connectivity index (χ4n) is 1.88. The second-order valence-corrected chi connectivity index (χ2v) is 6.98. The van der Waals surface area contributed by atoms with Gasteiger partial charge in [0.05, 0.1) is 12.8 Å². The van der Waals surface area contributed by atoms with E-state index in [0.717, 1.165) is 19.3 Å². The SMILES string of the molecule is CCc1ccc(Oc2c(I)cc(C(C)=O)cc2I)c(N)c1. The molecule has 0 atom stereocenters. The van der Waals surface area contributed by atoms with Gasteiger partial charge in [-0.2, -0.15) is 0 Å². The highest BCUT2D eigenvalue weighted by molar-refractivity contribution is 14.1. The minimum absolute atomic E-state index is 0.0456. The molecule has 0 unspecified atom stereocenters. The Morgan fingerprint density at radius 3 is 2.29 bits per heavy atom. The van der Waals surface area contributed by atoms with Gasteiger partial charge in [0.2, 0.25) is 0 Å². The number of ketones is 1. The Kier molecular flexibility index (Phi) is 5.48. The number of rotatable bonds is 4. The van der Waals surface area contributed by atoms with Crippen molar-refractivity contribution in [2.45, 2.75) is 20.3 Å². The molecule has 0 aliphatic rings. The standard InChI is InChI=1S/C16H15I2NO2/c1-3-10-4-5-15(14(19)6-10)21-16-12(17)7-11(9(2)20)8-13(16)18/h4-8H,3,19H2,1-2H3. The van der Waals surface area contributed by atoms with Gasteiger partial charge in [-0.15, -0.1) is 0 Å². The Morgan fingerprint density at radius 1 is 1.19 bits per heavy atom. The molecule has 110 valence electrons. The quantitative estimate of drug-likeness (QED) is 0.359. The second-order valence-electron chi connectivity index (χ2n) is 4.65. The van der Waals surface area contributed by atoms with Crippen molar-refractivity contribution in [3.8, 4) is 11.5 Å². The van der Waals surface area contributed by atoms with E-state index in [-0.39, 0.29) is 5.78 Å². The van der Waals surface area contributed by atoms with E-state index in [2.05, 4.69) is 52.1 Å². The first-order chi connectivity index (χ1) is 9.92.